The molecule has 0 spiro atoms. The summed E-state index contributed by atoms with van der Waals surface area (Å²) in [4.78, 5) is 22.0. The zero-order valence-electron chi connectivity index (χ0n) is 20.0. The fraction of sp³-hybridized carbons (Fsp3) is 0.160. The van der Waals surface area contributed by atoms with E-state index in [1.54, 1.807) is 57.9 Å². The van der Waals surface area contributed by atoms with Crippen LogP contribution in [-0.2, 0) is 4.79 Å². The van der Waals surface area contributed by atoms with Gasteiger partial charge in [-0.05, 0) is 49.4 Å². The topological polar surface area (TPSA) is 125 Å². The number of benzene rings is 1. The summed E-state index contributed by atoms with van der Waals surface area (Å²) in [6, 6.07) is 12.6. The lowest BCUT2D eigenvalue weighted by Gasteiger charge is -2.10. The van der Waals surface area contributed by atoms with Crippen molar-refractivity contribution in [3.8, 4) is 45.7 Å². The summed E-state index contributed by atoms with van der Waals surface area (Å²) in [5.41, 5.74) is 2.49. The number of aromatic nitrogens is 4. The first-order valence-corrected chi connectivity index (χ1v) is 12.8. The second kappa shape index (κ2) is 10.8. The normalized spacial score (nSPS) is 11.8. The van der Waals surface area contributed by atoms with Gasteiger partial charge in [-0.15, -0.1) is 21.5 Å². The van der Waals surface area contributed by atoms with E-state index >= 15 is 0 Å². The SMILES string of the molecule is COc1ccc(-c2csc(NC(=O)C(C)Sc3nnc(-c4ccco4)c(-c4ccco4)n3)n2)cc1OC. The lowest BCUT2D eigenvalue weighted by Crippen LogP contribution is -2.22. The lowest BCUT2D eigenvalue weighted by molar-refractivity contribution is -0.115. The van der Waals surface area contributed by atoms with Crippen LogP contribution in [0.2, 0.25) is 0 Å². The Morgan fingerprint density at radius 3 is 2.38 bits per heavy atom. The Labute approximate surface area is 220 Å². The zero-order valence-corrected chi connectivity index (χ0v) is 21.6. The van der Waals surface area contributed by atoms with Crippen molar-refractivity contribution in [2.45, 2.75) is 17.3 Å². The summed E-state index contributed by atoms with van der Waals surface area (Å²) < 4.78 is 21.7. The second-order valence-electron chi connectivity index (χ2n) is 7.60. The quantitative estimate of drug-likeness (QED) is 0.237. The minimum atomic E-state index is -0.519. The number of hydrogen-bond donors (Lipinski definition) is 1. The molecule has 0 bridgehead atoms. The van der Waals surface area contributed by atoms with E-state index in [1.165, 1.54) is 23.1 Å². The Balaban J connectivity index is 1.29. The maximum absolute atomic E-state index is 12.9. The number of nitrogens with one attached hydrogen (secondary N) is 1. The van der Waals surface area contributed by atoms with Crippen LogP contribution in [0.4, 0.5) is 5.13 Å². The maximum atomic E-state index is 12.9. The Morgan fingerprint density at radius 1 is 0.973 bits per heavy atom. The van der Waals surface area contributed by atoms with Crippen LogP contribution in [-0.4, -0.2) is 45.5 Å². The molecule has 0 radical (unpaired) electrons. The van der Waals surface area contributed by atoms with Gasteiger partial charge in [-0.25, -0.2) is 9.97 Å². The van der Waals surface area contributed by atoms with Gasteiger partial charge in [0, 0.05) is 10.9 Å². The molecule has 4 aromatic heterocycles. The molecule has 1 atom stereocenters. The highest BCUT2D eigenvalue weighted by Gasteiger charge is 2.22. The Kier molecular flexibility index (Phi) is 7.19. The number of carbonyl (C=O) groups excluding carboxylic acids is 1. The van der Waals surface area contributed by atoms with Crippen LogP contribution in [0.25, 0.3) is 34.2 Å². The predicted molar refractivity (Wildman–Crippen MR) is 140 cm³/mol. The van der Waals surface area contributed by atoms with Crippen molar-refractivity contribution in [2.75, 3.05) is 19.5 Å². The minimum absolute atomic E-state index is 0.239. The third-order valence-corrected chi connectivity index (χ3v) is 6.95. The van der Waals surface area contributed by atoms with Crippen molar-refractivity contribution in [3.05, 3.63) is 60.4 Å². The number of carbonyl (C=O) groups is 1. The molecule has 4 heterocycles. The fourth-order valence-corrected chi connectivity index (χ4v) is 4.84. The average molecular weight is 536 g/mol. The number of furan rings is 2. The van der Waals surface area contributed by atoms with Gasteiger partial charge in [0.05, 0.1) is 37.7 Å². The zero-order chi connectivity index (χ0) is 25.8. The summed E-state index contributed by atoms with van der Waals surface area (Å²) in [6.45, 7) is 1.76. The number of methoxy groups -OCH3 is 2. The molecular weight excluding hydrogens is 514 g/mol. The highest BCUT2D eigenvalue weighted by atomic mass is 32.2. The third-order valence-electron chi connectivity index (χ3n) is 5.24. The summed E-state index contributed by atoms with van der Waals surface area (Å²) >= 11 is 2.51. The van der Waals surface area contributed by atoms with Crippen molar-refractivity contribution < 1.29 is 23.1 Å². The molecular formula is C25H21N5O5S2. The van der Waals surface area contributed by atoms with Gasteiger partial charge in [0.2, 0.25) is 11.1 Å². The Morgan fingerprint density at radius 2 is 1.70 bits per heavy atom. The summed E-state index contributed by atoms with van der Waals surface area (Å²) in [7, 11) is 3.16. The summed E-state index contributed by atoms with van der Waals surface area (Å²) in [5.74, 6) is 2.03. The van der Waals surface area contributed by atoms with Crippen molar-refractivity contribution in [1.82, 2.24) is 20.2 Å². The van der Waals surface area contributed by atoms with E-state index < -0.39 is 5.25 Å². The first-order valence-electron chi connectivity index (χ1n) is 11.0. The Hall–Kier alpha value is -4.16. The molecule has 10 nitrogen and oxygen atoms in total. The number of thiazole rings is 1. The van der Waals surface area contributed by atoms with Crippen LogP contribution in [0, 0.1) is 0 Å². The lowest BCUT2D eigenvalue weighted by atomic mass is 10.1. The molecule has 0 fully saturated rings. The molecule has 1 amide bonds. The van der Waals surface area contributed by atoms with Gasteiger partial charge in [0.1, 0.15) is 5.69 Å². The van der Waals surface area contributed by atoms with Crippen LogP contribution in [0.5, 0.6) is 11.5 Å². The highest BCUT2D eigenvalue weighted by Crippen LogP contribution is 2.34. The molecule has 0 saturated heterocycles. The number of nitrogens with zero attached hydrogens (tertiary/aromatic N) is 4. The van der Waals surface area contributed by atoms with Gasteiger partial charge in [-0.3, -0.25) is 4.79 Å². The van der Waals surface area contributed by atoms with Crippen LogP contribution < -0.4 is 14.8 Å². The largest absolute Gasteiger partial charge is 0.493 e. The monoisotopic (exact) mass is 535 g/mol. The van der Waals surface area contributed by atoms with E-state index in [4.69, 9.17) is 18.3 Å². The van der Waals surface area contributed by atoms with Gasteiger partial charge >= 0.3 is 0 Å². The number of amides is 1. The number of anilines is 1. The molecule has 0 saturated carbocycles. The average Bonchev–Trinajstić information content (AvgIpc) is 3.71. The summed E-state index contributed by atoms with van der Waals surface area (Å²) in [5, 5.41) is 13.5. The van der Waals surface area contributed by atoms with Crippen LogP contribution in [0.1, 0.15) is 6.92 Å². The number of rotatable bonds is 9. The Bertz CT molecular complexity index is 1500. The highest BCUT2D eigenvalue weighted by molar-refractivity contribution is 8.00. The smallest absolute Gasteiger partial charge is 0.239 e. The van der Waals surface area contributed by atoms with E-state index in [9.17, 15) is 4.79 Å². The van der Waals surface area contributed by atoms with Crippen molar-refractivity contribution in [1.29, 1.82) is 0 Å². The van der Waals surface area contributed by atoms with Crippen molar-refractivity contribution in [2.24, 2.45) is 0 Å². The third kappa shape index (κ3) is 5.34. The van der Waals surface area contributed by atoms with E-state index in [0.29, 0.717) is 50.4 Å². The molecule has 12 heteroatoms. The fourth-order valence-electron chi connectivity index (χ4n) is 3.40. The van der Waals surface area contributed by atoms with Crippen LogP contribution >= 0.6 is 23.1 Å². The minimum Gasteiger partial charge on any atom is -0.493 e. The summed E-state index contributed by atoms with van der Waals surface area (Å²) in [6.07, 6.45) is 3.10. The standard InChI is InChI=1S/C25H21N5O5S2/c1-14(23(31)28-24-26-16(13-36-24)15-8-9-17(32-2)20(12-15)33-3)37-25-27-21(18-6-4-10-34-18)22(29-30-25)19-7-5-11-35-19/h4-14H,1-3H3,(H,26,28,31). The predicted octanol–water partition coefficient (Wildman–Crippen LogP) is 5.65. The van der Waals surface area contributed by atoms with E-state index in [0.717, 1.165) is 5.56 Å². The van der Waals surface area contributed by atoms with E-state index in [2.05, 4.69) is 25.5 Å². The van der Waals surface area contributed by atoms with E-state index in [1.807, 2.05) is 23.6 Å². The number of hydrogen-bond acceptors (Lipinski definition) is 11. The van der Waals surface area contributed by atoms with Gasteiger partial charge < -0.3 is 23.6 Å². The molecule has 1 aromatic carbocycles. The second-order valence-corrected chi connectivity index (χ2v) is 9.77. The van der Waals surface area contributed by atoms with Crippen LogP contribution in [0.15, 0.2) is 74.4 Å². The first kappa shape index (κ1) is 24.5. The maximum Gasteiger partial charge on any atom is 0.239 e. The molecule has 1 N–H and O–H groups in total. The number of ether oxygens (including phenoxy) is 2. The van der Waals surface area contributed by atoms with Gasteiger partial charge in [-0.1, -0.05) is 11.8 Å². The van der Waals surface area contributed by atoms with E-state index in [-0.39, 0.29) is 5.91 Å². The van der Waals surface area contributed by atoms with Crippen molar-refractivity contribution in [3.63, 3.8) is 0 Å². The molecule has 0 aliphatic carbocycles. The molecule has 0 aliphatic rings. The number of thioether (sulfide) groups is 1. The molecule has 5 rings (SSSR count). The van der Waals surface area contributed by atoms with Gasteiger partial charge in [0.15, 0.2) is 33.8 Å². The van der Waals surface area contributed by atoms with Gasteiger partial charge in [0.25, 0.3) is 0 Å². The van der Waals surface area contributed by atoms with Gasteiger partial charge in [-0.2, -0.15) is 0 Å². The molecule has 0 aliphatic heterocycles. The van der Waals surface area contributed by atoms with Crippen LogP contribution in [0.3, 0.4) is 0 Å². The molecule has 1 unspecified atom stereocenters. The molecule has 5 aromatic rings. The molecule has 188 valence electrons. The molecule has 37 heavy (non-hydrogen) atoms. The first-order chi connectivity index (χ1) is 18.1. The van der Waals surface area contributed by atoms with Crippen molar-refractivity contribution >= 4 is 34.1 Å².